The van der Waals surface area contributed by atoms with E-state index in [4.69, 9.17) is 0 Å². The summed E-state index contributed by atoms with van der Waals surface area (Å²) >= 11 is 0. The summed E-state index contributed by atoms with van der Waals surface area (Å²) in [4.78, 5) is 0. The average Bonchev–Trinajstić information content (AvgIpc) is 1.68. The van der Waals surface area contributed by atoms with Crippen molar-refractivity contribution in [3.05, 3.63) is 294 Å². The molecule has 460 valence electrons. The molecule has 0 saturated heterocycles. The topological polar surface area (TPSA) is 0 Å². The van der Waals surface area contributed by atoms with Gasteiger partial charge in [-0.2, -0.15) is 0 Å². The van der Waals surface area contributed by atoms with Crippen LogP contribution in [-0.4, -0.2) is 0 Å². The second kappa shape index (κ2) is 25.6. The number of hydrogen-bond acceptors (Lipinski definition) is 0. The van der Waals surface area contributed by atoms with E-state index in [9.17, 15) is 0 Å². The molecule has 0 amide bonds. The quantitative estimate of drug-likeness (QED) is 0.120. The molecule has 0 nitrogen and oxygen atoms in total. The van der Waals surface area contributed by atoms with Gasteiger partial charge < -0.3 is 0 Å². The van der Waals surface area contributed by atoms with Gasteiger partial charge in [0.15, 0.2) is 0 Å². The van der Waals surface area contributed by atoms with Crippen LogP contribution in [0.4, 0.5) is 0 Å². The molecular formula is C93H88. The van der Waals surface area contributed by atoms with Crippen LogP contribution in [0.15, 0.2) is 249 Å². The van der Waals surface area contributed by atoms with E-state index in [1.165, 1.54) is 205 Å². The van der Waals surface area contributed by atoms with E-state index in [0.717, 1.165) is 24.8 Å². The fourth-order valence-electron chi connectivity index (χ4n) is 16.2. The van der Waals surface area contributed by atoms with Crippen LogP contribution in [0.2, 0.25) is 0 Å². The maximum atomic E-state index is 4.46. The molecule has 13 aromatic rings. The highest BCUT2D eigenvalue weighted by atomic mass is 14.5. The Morgan fingerprint density at radius 1 is 0.333 bits per heavy atom. The second-order valence-corrected chi connectivity index (χ2v) is 27.1. The zero-order chi connectivity index (χ0) is 64.0. The van der Waals surface area contributed by atoms with Crippen molar-refractivity contribution in [3.8, 4) is 55.6 Å². The molecule has 0 heteroatoms. The average molecular weight is 1210 g/mol. The predicted octanol–water partition coefficient (Wildman–Crippen LogP) is 27.1. The van der Waals surface area contributed by atoms with Crippen LogP contribution >= 0.6 is 0 Å². The van der Waals surface area contributed by atoms with Gasteiger partial charge in [-0.3, -0.25) is 0 Å². The first-order chi connectivity index (χ1) is 45.5. The molecule has 1 spiro atoms. The highest BCUT2D eigenvalue weighted by molar-refractivity contribution is 6.25. The van der Waals surface area contributed by atoms with Gasteiger partial charge in [-0.25, -0.2) is 0 Å². The van der Waals surface area contributed by atoms with Crippen molar-refractivity contribution in [3.63, 3.8) is 0 Å². The van der Waals surface area contributed by atoms with Gasteiger partial charge in [0.05, 0.1) is 0 Å². The normalized spacial score (nSPS) is 14.9. The highest BCUT2D eigenvalue weighted by Gasteiger charge is 2.45. The van der Waals surface area contributed by atoms with Crippen LogP contribution in [-0.2, 0) is 17.3 Å². The Kier molecular flexibility index (Phi) is 16.8. The zero-order valence-electron chi connectivity index (χ0n) is 56.1. The van der Waals surface area contributed by atoms with Crippen molar-refractivity contribution in [1.82, 2.24) is 0 Å². The van der Waals surface area contributed by atoms with E-state index in [0.29, 0.717) is 0 Å². The monoisotopic (exact) mass is 1200 g/mol. The minimum Gasteiger partial charge on any atom is -0.0911 e. The highest BCUT2D eigenvalue weighted by Crippen LogP contribution is 2.58. The van der Waals surface area contributed by atoms with Gasteiger partial charge in [0.25, 0.3) is 0 Å². The SMILES string of the molecule is C=C1/C=C\C=C/C(CC)(CC)c2cc(-c3cc4c5ccccc5c(-c5ccc(C)c(CCCC)c5)cc4c4ccccc34)ccc21.CCCC.Cc1ccc(-c2cc3c4ccccc4c(-c4ccc5c(c4)C4(CCCC4)c4ccccc4-5)cc3c3ccccc23)cc1C. The zero-order valence-corrected chi connectivity index (χ0v) is 56.1. The number of rotatable bonds is 10. The van der Waals surface area contributed by atoms with Crippen LogP contribution in [0.5, 0.6) is 0 Å². The van der Waals surface area contributed by atoms with Crippen LogP contribution in [0.25, 0.3) is 126 Å². The lowest BCUT2D eigenvalue weighted by molar-refractivity contribution is 0.496. The molecule has 16 rings (SSSR count). The van der Waals surface area contributed by atoms with Crippen molar-refractivity contribution in [2.75, 3.05) is 0 Å². The summed E-state index contributed by atoms with van der Waals surface area (Å²) in [6.07, 6.45) is 22.3. The maximum absolute atomic E-state index is 4.46. The first-order valence-corrected chi connectivity index (χ1v) is 34.9. The summed E-state index contributed by atoms with van der Waals surface area (Å²) in [6, 6.07) is 83.4. The Hall–Kier alpha value is -9.36. The van der Waals surface area contributed by atoms with E-state index >= 15 is 0 Å². The summed E-state index contributed by atoms with van der Waals surface area (Å²) in [5.41, 5.74) is 25.8. The lowest BCUT2D eigenvalue weighted by Crippen LogP contribution is -2.23. The number of unbranched alkanes of at least 4 members (excludes halogenated alkanes) is 2. The van der Waals surface area contributed by atoms with Crippen LogP contribution < -0.4 is 0 Å². The van der Waals surface area contributed by atoms with Gasteiger partial charge in [-0.05, 0) is 266 Å². The maximum Gasteiger partial charge on any atom is 0.0215 e. The molecular weight excluding hydrogens is 1120 g/mol. The largest absolute Gasteiger partial charge is 0.0911 e. The summed E-state index contributed by atoms with van der Waals surface area (Å²) in [5, 5.41) is 15.8. The van der Waals surface area contributed by atoms with Gasteiger partial charge in [-0.15, -0.1) is 0 Å². The number of hydrogen-bond donors (Lipinski definition) is 0. The number of aryl methyl sites for hydroxylation is 4. The molecule has 0 unspecified atom stereocenters. The van der Waals surface area contributed by atoms with E-state index in [-0.39, 0.29) is 10.8 Å². The third kappa shape index (κ3) is 10.7. The summed E-state index contributed by atoms with van der Waals surface area (Å²) in [6.45, 7) is 22.4. The van der Waals surface area contributed by atoms with E-state index in [2.05, 4.69) is 305 Å². The smallest absolute Gasteiger partial charge is 0.0215 e. The molecule has 93 heavy (non-hydrogen) atoms. The summed E-state index contributed by atoms with van der Waals surface area (Å²) in [7, 11) is 0. The van der Waals surface area contributed by atoms with Crippen LogP contribution in [0, 0.1) is 20.8 Å². The predicted molar refractivity (Wildman–Crippen MR) is 407 cm³/mol. The van der Waals surface area contributed by atoms with Gasteiger partial charge >= 0.3 is 0 Å². The minimum absolute atomic E-state index is 0.0304. The standard InChI is InChI=1S/C46H44.C43H34.C4H10/c1-6-9-17-33-27-34(23-22-31(33)4)41-29-43-40-21-13-11-19-38(40)42(30-44(43)39-20-12-10-18-37(39)41)35-24-25-36-32(5)16-14-15-26-46(7-2,8-3)45(36)28-35;1-27-17-18-29(23-28(27)2)37-25-39-34-14-6-4-12-32(34)38(26-40(39)33-13-5-3-11-31(33)37)30-19-20-36-35-15-7-8-16-41(35)43(42(36)24-30)21-9-10-22-43;1-3-4-2/h10-16,18-30H,5-9,17H2,1-4H3;3-8,11-20,23-26H,9-10,21-22H2,1-2H3;3-4H2,1-2H3/b16-14-,26-15-;;. The van der Waals surface area contributed by atoms with Gasteiger partial charge in [0.1, 0.15) is 0 Å². The molecule has 1 saturated carbocycles. The molecule has 3 aliphatic rings. The number of allylic oxidation sites excluding steroid dienone is 5. The Morgan fingerprint density at radius 3 is 1.24 bits per heavy atom. The second-order valence-electron chi connectivity index (χ2n) is 27.1. The molecule has 0 radical (unpaired) electrons. The number of benzene rings is 13. The fourth-order valence-corrected chi connectivity index (χ4v) is 16.2. The lowest BCUT2D eigenvalue weighted by Gasteiger charge is -2.33. The molecule has 0 heterocycles. The van der Waals surface area contributed by atoms with Crippen molar-refractivity contribution in [2.24, 2.45) is 0 Å². The molecule has 0 atom stereocenters. The minimum atomic E-state index is -0.0304. The third-order valence-corrected chi connectivity index (χ3v) is 21.9. The molecule has 13 aromatic carbocycles. The Bertz CT molecular complexity index is 5120. The molecule has 3 aliphatic carbocycles. The molecule has 0 aromatic heterocycles. The van der Waals surface area contributed by atoms with Crippen molar-refractivity contribution >= 4 is 70.2 Å². The molecule has 1 fully saturated rings. The first kappa shape index (κ1) is 61.2. The fraction of sp³-hybridized carbons (Fsp3) is 0.226. The van der Waals surface area contributed by atoms with E-state index in [1.807, 2.05) is 0 Å². The van der Waals surface area contributed by atoms with Crippen molar-refractivity contribution in [2.45, 2.75) is 137 Å². The molecule has 0 aliphatic heterocycles. The van der Waals surface area contributed by atoms with E-state index in [1.54, 1.807) is 11.1 Å². The van der Waals surface area contributed by atoms with Gasteiger partial charge in [0.2, 0.25) is 0 Å². The Morgan fingerprint density at radius 2 is 0.753 bits per heavy atom. The molecule has 0 N–H and O–H groups in total. The molecule has 0 bridgehead atoms. The van der Waals surface area contributed by atoms with Crippen LogP contribution in [0.1, 0.15) is 143 Å². The van der Waals surface area contributed by atoms with Gasteiger partial charge in [-0.1, -0.05) is 280 Å². The summed E-state index contributed by atoms with van der Waals surface area (Å²) in [5.74, 6) is 0. The third-order valence-electron chi connectivity index (χ3n) is 21.9. The Balaban J connectivity index is 0.000000153. The van der Waals surface area contributed by atoms with E-state index < -0.39 is 0 Å². The summed E-state index contributed by atoms with van der Waals surface area (Å²) < 4.78 is 0. The van der Waals surface area contributed by atoms with Crippen LogP contribution in [0.3, 0.4) is 0 Å². The first-order valence-electron chi connectivity index (χ1n) is 34.9. The van der Waals surface area contributed by atoms with Crippen molar-refractivity contribution < 1.29 is 0 Å². The number of fused-ring (bicyclic) bond motifs is 16. The Labute approximate surface area is 553 Å². The van der Waals surface area contributed by atoms with Crippen molar-refractivity contribution in [1.29, 1.82) is 0 Å². The lowest BCUT2D eigenvalue weighted by atomic mass is 9.71. The van der Waals surface area contributed by atoms with Gasteiger partial charge in [0, 0.05) is 10.8 Å².